The summed E-state index contributed by atoms with van der Waals surface area (Å²) in [6, 6.07) is 0. The fourth-order valence-electron chi connectivity index (χ4n) is 1.75. The van der Waals surface area contributed by atoms with Gasteiger partial charge in [-0.25, -0.2) is 0 Å². The van der Waals surface area contributed by atoms with Gasteiger partial charge in [-0.1, -0.05) is 19.1 Å². The van der Waals surface area contributed by atoms with Gasteiger partial charge in [-0.05, 0) is 50.2 Å². The summed E-state index contributed by atoms with van der Waals surface area (Å²) in [5.74, 6) is 0. The van der Waals surface area contributed by atoms with Crippen LogP contribution in [0.4, 0.5) is 0 Å². The minimum Gasteiger partial charge on any atom is -0.0842 e. The van der Waals surface area contributed by atoms with Gasteiger partial charge in [0, 0.05) is 0 Å². The Labute approximate surface area is 70.0 Å². The lowest BCUT2D eigenvalue weighted by Crippen LogP contribution is -1.94. The molecular formula is C11H18. The summed E-state index contributed by atoms with van der Waals surface area (Å²) in [7, 11) is 0. The molecule has 0 atom stereocenters. The van der Waals surface area contributed by atoms with Crippen molar-refractivity contribution in [2.24, 2.45) is 0 Å². The molecule has 0 fully saturated rings. The average Bonchev–Trinajstić information content (AvgIpc) is 2.09. The quantitative estimate of drug-likeness (QED) is 0.561. The highest BCUT2D eigenvalue weighted by Crippen LogP contribution is 2.25. The topological polar surface area (TPSA) is 0 Å². The minimum atomic E-state index is 1.20. The van der Waals surface area contributed by atoms with Crippen LogP contribution in [0.25, 0.3) is 0 Å². The summed E-state index contributed by atoms with van der Waals surface area (Å²) >= 11 is 0. The van der Waals surface area contributed by atoms with Gasteiger partial charge in [0.2, 0.25) is 0 Å². The maximum atomic E-state index is 2.42. The Bertz CT molecular complexity index is 172. The average molecular weight is 150 g/mol. The van der Waals surface area contributed by atoms with Crippen LogP contribution in [0.1, 0.15) is 46.0 Å². The second kappa shape index (κ2) is 4.38. The largest absolute Gasteiger partial charge is 0.0842 e. The van der Waals surface area contributed by atoms with Gasteiger partial charge < -0.3 is 0 Å². The first-order valence-electron chi connectivity index (χ1n) is 4.73. The molecule has 1 aliphatic carbocycles. The van der Waals surface area contributed by atoms with Gasteiger partial charge in [0.05, 0.1) is 0 Å². The van der Waals surface area contributed by atoms with Crippen LogP contribution in [0, 0.1) is 0 Å². The van der Waals surface area contributed by atoms with E-state index in [1.165, 1.54) is 32.1 Å². The van der Waals surface area contributed by atoms with Gasteiger partial charge in [0.1, 0.15) is 0 Å². The molecule has 0 heteroatoms. The van der Waals surface area contributed by atoms with Crippen molar-refractivity contribution in [1.29, 1.82) is 0 Å². The molecule has 0 saturated carbocycles. The second-order valence-electron chi connectivity index (χ2n) is 3.14. The summed E-state index contributed by atoms with van der Waals surface area (Å²) in [5.41, 5.74) is 3.17. The van der Waals surface area contributed by atoms with Gasteiger partial charge in [-0.3, -0.25) is 0 Å². The zero-order valence-corrected chi connectivity index (χ0v) is 7.69. The Balaban J connectivity index is 2.63. The summed E-state index contributed by atoms with van der Waals surface area (Å²) in [4.78, 5) is 0. The molecule has 0 amide bonds. The number of hydrogen-bond donors (Lipinski definition) is 0. The fourth-order valence-corrected chi connectivity index (χ4v) is 1.75. The first-order valence-corrected chi connectivity index (χ1v) is 4.73. The summed E-state index contributed by atoms with van der Waals surface area (Å²) in [6.45, 7) is 4.39. The van der Waals surface area contributed by atoms with Crippen LogP contribution in [0.2, 0.25) is 0 Å². The third-order valence-electron chi connectivity index (χ3n) is 2.43. The van der Waals surface area contributed by atoms with E-state index in [9.17, 15) is 0 Å². The zero-order valence-electron chi connectivity index (χ0n) is 7.69. The molecule has 0 spiro atoms. The summed E-state index contributed by atoms with van der Waals surface area (Å²) in [5, 5.41) is 0. The third kappa shape index (κ3) is 2.21. The van der Waals surface area contributed by atoms with Gasteiger partial charge in [0.15, 0.2) is 0 Å². The molecule has 11 heavy (non-hydrogen) atoms. The van der Waals surface area contributed by atoms with E-state index >= 15 is 0 Å². The molecule has 0 aromatic rings. The van der Waals surface area contributed by atoms with E-state index in [1.807, 2.05) is 0 Å². The van der Waals surface area contributed by atoms with E-state index in [4.69, 9.17) is 0 Å². The van der Waals surface area contributed by atoms with Crippen molar-refractivity contribution in [3.63, 3.8) is 0 Å². The molecule has 0 bridgehead atoms. The maximum absolute atomic E-state index is 2.42. The van der Waals surface area contributed by atoms with E-state index < -0.39 is 0 Å². The number of hydrogen-bond acceptors (Lipinski definition) is 0. The lowest BCUT2D eigenvalue weighted by atomic mass is 9.92. The van der Waals surface area contributed by atoms with Crippen LogP contribution in [0.3, 0.4) is 0 Å². The SMILES string of the molecule is C/C=C(\CC)C1=CCCCC1. The molecular weight excluding hydrogens is 132 g/mol. The first-order chi connectivity index (χ1) is 5.38. The standard InChI is InChI=1S/C11H18/c1-3-10(4-2)11-8-6-5-7-9-11/h3,8H,4-7,9H2,1-2H3/b10-3+. The molecule has 0 saturated heterocycles. The van der Waals surface area contributed by atoms with Gasteiger partial charge in [0.25, 0.3) is 0 Å². The van der Waals surface area contributed by atoms with Crippen LogP contribution in [0.15, 0.2) is 23.3 Å². The van der Waals surface area contributed by atoms with Crippen molar-refractivity contribution in [1.82, 2.24) is 0 Å². The van der Waals surface area contributed by atoms with Crippen molar-refractivity contribution in [2.75, 3.05) is 0 Å². The van der Waals surface area contributed by atoms with Crippen molar-refractivity contribution < 1.29 is 0 Å². The van der Waals surface area contributed by atoms with Crippen LogP contribution in [0.5, 0.6) is 0 Å². The zero-order chi connectivity index (χ0) is 8.10. The Morgan fingerprint density at radius 3 is 2.82 bits per heavy atom. The van der Waals surface area contributed by atoms with Gasteiger partial charge in [-0.15, -0.1) is 0 Å². The van der Waals surface area contributed by atoms with Gasteiger partial charge >= 0.3 is 0 Å². The molecule has 0 nitrogen and oxygen atoms in total. The predicted molar refractivity (Wildman–Crippen MR) is 50.6 cm³/mol. The number of allylic oxidation sites excluding steroid dienone is 4. The smallest absolute Gasteiger partial charge is 0.0279 e. The van der Waals surface area contributed by atoms with E-state index in [2.05, 4.69) is 26.0 Å². The lowest BCUT2D eigenvalue weighted by Gasteiger charge is -2.14. The Kier molecular flexibility index (Phi) is 3.41. The van der Waals surface area contributed by atoms with E-state index in [1.54, 1.807) is 11.1 Å². The van der Waals surface area contributed by atoms with Crippen molar-refractivity contribution >= 4 is 0 Å². The molecule has 0 aliphatic heterocycles. The molecule has 0 aromatic heterocycles. The van der Waals surface area contributed by atoms with Crippen molar-refractivity contribution in [2.45, 2.75) is 46.0 Å². The Morgan fingerprint density at radius 1 is 1.55 bits per heavy atom. The van der Waals surface area contributed by atoms with E-state index in [0.29, 0.717) is 0 Å². The molecule has 1 aliphatic rings. The molecule has 0 unspecified atom stereocenters. The number of rotatable bonds is 2. The second-order valence-corrected chi connectivity index (χ2v) is 3.14. The van der Waals surface area contributed by atoms with Crippen molar-refractivity contribution in [3.05, 3.63) is 23.3 Å². The van der Waals surface area contributed by atoms with E-state index in [-0.39, 0.29) is 0 Å². The predicted octanol–water partition coefficient (Wildman–Crippen LogP) is 3.84. The molecule has 62 valence electrons. The minimum absolute atomic E-state index is 1.20. The summed E-state index contributed by atoms with van der Waals surface area (Å²) < 4.78 is 0. The highest BCUT2D eigenvalue weighted by molar-refractivity contribution is 5.30. The first kappa shape index (κ1) is 8.58. The molecule has 0 heterocycles. The van der Waals surface area contributed by atoms with Crippen molar-refractivity contribution in [3.8, 4) is 0 Å². The fraction of sp³-hybridized carbons (Fsp3) is 0.636. The monoisotopic (exact) mass is 150 g/mol. The molecule has 0 aromatic carbocycles. The normalized spacial score (nSPS) is 19.8. The lowest BCUT2D eigenvalue weighted by molar-refractivity contribution is 0.701. The highest BCUT2D eigenvalue weighted by Gasteiger charge is 2.05. The summed E-state index contributed by atoms with van der Waals surface area (Å²) in [6.07, 6.45) is 11.3. The third-order valence-corrected chi connectivity index (χ3v) is 2.43. The van der Waals surface area contributed by atoms with Crippen LogP contribution < -0.4 is 0 Å². The highest BCUT2D eigenvalue weighted by atomic mass is 14.1. The van der Waals surface area contributed by atoms with Gasteiger partial charge in [-0.2, -0.15) is 0 Å². The van der Waals surface area contributed by atoms with Crippen LogP contribution >= 0.6 is 0 Å². The Hall–Kier alpha value is -0.520. The molecule has 0 N–H and O–H groups in total. The molecule has 0 radical (unpaired) electrons. The van der Waals surface area contributed by atoms with Crippen LogP contribution in [-0.2, 0) is 0 Å². The van der Waals surface area contributed by atoms with E-state index in [0.717, 1.165) is 0 Å². The van der Waals surface area contributed by atoms with Crippen LogP contribution in [-0.4, -0.2) is 0 Å². The molecule has 1 rings (SSSR count). The Morgan fingerprint density at radius 2 is 2.36 bits per heavy atom. The maximum Gasteiger partial charge on any atom is -0.0279 e.